The Labute approximate surface area is 107 Å². The number of methoxy groups -OCH3 is 1. The molecule has 0 aliphatic carbocycles. The quantitative estimate of drug-likeness (QED) is 0.741. The van der Waals surface area contributed by atoms with E-state index in [1.807, 2.05) is 7.11 Å². The number of rotatable bonds is 7. The molecule has 3 nitrogen and oxygen atoms in total. The summed E-state index contributed by atoms with van der Waals surface area (Å²) in [5.41, 5.74) is 0. The predicted molar refractivity (Wildman–Crippen MR) is 73.4 cm³/mol. The number of nitrogens with zero attached hydrogens (tertiary/aromatic N) is 1. The SMILES string of the molecule is CCCC(NC)C(CC)N1CCC(OC)CC1. The van der Waals surface area contributed by atoms with Gasteiger partial charge in [0.1, 0.15) is 0 Å². The summed E-state index contributed by atoms with van der Waals surface area (Å²) in [6, 6.07) is 1.34. The topological polar surface area (TPSA) is 24.5 Å². The number of likely N-dealkylation sites (N-methyl/N-ethyl adjacent to an activating group) is 1. The van der Waals surface area contributed by atoms with Crippen LogP contribution in [0.15, 0.2) is 0 Å². The summed E-state index contributed by atoms with van der Waals surface area (Å²) in [6.07, 6.45) is 6.65. The van der Waals surface area contributed by atoms with Crippen LogP contribution in [0.4, 0.5) is 0 Å². The second-order valence-electron chi connectivity index (χ2n) is 5.13. The molecule has 0 bridgehead atoms. The average Bonchev–Trinajstić information content (AvgIpc) is 2.39. The molecular weight excluding hydrogens is 212 g/mol. The molecule has 0 aromatic heterocycles. The molecule has 0 saturated carbocycles. The van der Waals surface area contributed by atoms with Gasteiger partial charge in [-0.1, -0.05) is 20.3 Å². The molecule has 1 fully saturated rings. The minimum absolute atomic E-state index is 0.489. The van der Waals surface area contributed by atoms with Gasteiger partial charge in [0.25, 0.3) is 0 Å². The van der Waals surface area contributed by atoms with Crippen LogP contribution >= 0.6 is 0 Å². The van der Waals surface area contributed by atoms with Crippen LogP contribution < -0.4 is 5.32 Å². The summed E-state index contributed by atoms with van der Waals surface area (Å²) in [4.78, 5) is 2.66. The summed E-state index contributed by atoms with van der Waals surface area (Å²) in [5.74, 6) is 0. The third kappa shape index (κ3) is 4.23. The van der Waals surface area contributed by atoms with Gasteiger partial charge >= 0.3 is 0 Å². The monoisotopic (exact) mass is 242 g/mol. The number of ether oxygens (including phenoxy) is 1. The molecule has 1 rings (SSSR count). The molecule has 0 radical (unpaired) electrons. The van der Waals surface area contributed by atoms with Crippen LogP contribution in [0.5, 0.6) is 0 Å². The van der Waals surface area contributed by atoms with E-state index in [-0.39, 0.29) is 0 Å². The Kier molecular flexibility index (Phi) is 7.09. The fourth-order valence-electron chi connectivity index (χ4n) is 3.08. The average molecular weight is 242 g/mol. The Hall–Kier alpha value is -0.120. The molecule has 1 saturated heterocycles. The lowest BCUT2D eigenvalue weighted by molar-refractivity contribution is 0.0196. The number of hydrogen-bond donors (Lipinski definition) is 1. The molecule has 3 heteroatoms. The summed E-state index contributed by atoms with van der Waals surface area (Å²) < 4.78 is 5.44. The van der Waals surface area contributed by atoms with Crippen LogP contribution in [0.25, 0.3) is 0 Å². The first-order valence-electron chi connectivity index (χ1n) is 7.20. The molecule has 2 unspecified atom stereocenters. The minimum Gasteiger partial charge on any atom is -0.381 e. The Morgan fingerprint density at radius 1 is 1.29 bits per heavy atom. The molecule has 102 valence electrons. The maximum atomic E-state index is 5.44. The van der Waals surface area contributed by atoms with E-state index in [0.717, 1.165) is 0 Å². The first-order chi connectivity index (χ1) is 8.26. The zero-order valence-electron chi connectivity index (χ0n) is 12.0. The van der Waals surface area contributed by atoms with Gasteiger partial charge < -0.3 is 10.1 Å². The third-order valence-electron chi connectivity index (χ3n) is 4.13. The second kappa shape index (κ2) is 8.06. The highest BCUT2D eigenvalue weighted by Gasteiger charge is 2.28. The molecule has 17 heavy (non-hydrogen) atoms. The predicted octanol–water partition coefficient (Wildman–Crippen LogP) is 2.26. The fourth-order valence-corrected chi connectivity index (χ4v) is 3.08. The third-order valence-corrected chi connectivity index (χ3v) is 4.13. The Bertz CT molecular complexity index is 191. The van der Waals surface area contributed by atoms with Gasteiger partial charge in [0, 0.05) is 32.3 Å². The summed E-state index contributed by atoms with van der Waals surface area (Å²) in [6.45, 7) is 6.97. The van der Waals surface area contributed by atoms with Gasteiger partial charge in [-0.25, -0.2) is 0 Å². The van der Waals surface area contributed by atoms with E-state index in [1.54, 1.807) is 0 Å². The normalized spacial score (nSPS) is 22.6. The van der Waals surface area contributed by atoms with E-state index in [4.69, 9.17) is 4.74 Å². The van der Waals surface area contributed by atoms with E-state index >= 15 is 0 Å². The first kappa shape index (κ1) is 14.9. The van der Waals surface area contributed by atoms with E-state index in [1.165, 1.54) is 45.2 Å². The highest BCUT2D eigenvalue weighted by molar-refractivity contribution is 4.85. The Morgan fingerprint density at radius 3 is 2.35 bits per heavy atom. The molecule has 2 atom stereocenters. The van der Waals surface area contributed by atoms with Crippen molar-refractivity contribution in [3.8, 4) is 0 Å². The van der Waals surface area contributed by atoms with E-state index in [2.05, 4.69) is 31.1 Å². The van der Waals surface area contributed by atoms with Crippen LogP contribution in [-0.2, 0) is 4.74 Å². The standard InChI is InChI=1S/C14H30N2O/c1-5-7-13(15-3)14(6-2)16-10-8-12(17-4)9-11-16/h12-15H,5-11H2,1-4H3. The van der Waals surface area contributed by atoms with Gasteiger partial charge in [-0.05, 0) is 32.7 Å². The van der Waals surface area contributed by atoms with Crippen molar-refractivity contribution in [2.24, 2.45) is 0 Å². The van der Waals surface area contributed by atoms with E-state index in [0.29, 0.717) is 18.2 Å². The maximum Gasteiger partial charge on any atom is 0.0595 e. The van der Waals surface area contributed by atoms with Gasteiger partial charge in [0.15, 0.2) is 0 Å². The van der Waals surface area contributed by atoms with Crippen LogP contribution in [0, 0.1) is 0 Å². The molecule has 1 N–H and O–H groups in total. The number of nitrogens with one attached hydrogen (secondary N) is 1. The van der Waals surface area contributed by atoms with Crippen LogP contribution in [0.3, 0.4) is 0 Å². The lowest BCUT2D eigenvalue weighted by Crippen LogP contribution is -2.52. The van der Waals surface area contributed by atoms with E-state index < -0.39 is 0 Å². The molecule has 1 aliphatic rings. The summed E-state index contributed by atoms with van der Waals surface area (Å²) in [7, 11) is 3.94. The number of likely N-dealkylation sites (tertiary alicyclic amines) is 1. The van der Waals surface area contributed by atoms with Crippen molar-refractivity contribution in [2.45, 2.75) is 64.1 Å². The maximum absolute atomic E-state index is 5.44. The van der Waals surface area contributed by atoms with Crippen molar-refractivity contribution in [3.05, 3.63) is 0 Å². The second-order valence-corrected chi connectivity index (χ2v) is 5.13. The van der Waals surface area contributed by atoms with Crippen LogP contribution in [0.2, 0.25) is 0 Å². The van der Waals surface area contributed by atoms with Crippen molar-refractivity contribution in [1.29, 1.82) is 0 Å². The molecule has 1 heterocycles. The van der Waals surface area contributed by atoms with Gasteiger partial charge in [-0.2, -0.15) is 0 Å². The number of hydrogen-bond acceptors (Lipinski definition) is 3. The molecule has 0 spiro atoms. The van der Waals surface area contributed by atoms with Crippen molar-refractivity contribution in [1.82, 2.24) is 10.2 Å². The number of piperidine rings is 1. The largest absolute Gasteiger partial charge is 0.381 e. The lowest BCUT2D eigenvalue weighted by Gasteiger charge is -2.40. The molecule has 0 aromatic rings. The Morgan fingerprint density at radius 2 is 1.94 bits per heavy atom. The molecule has 1 aliphatic heterocycles. The smallest absolute Gasteiger partial charge is 0.0595 e. The minimum atomic E-state index is 0.489. The first-order valence-corrected chi connectivity index (χ1v) is 7.20. The zero-order valence-corrected chi connectivity index (χ0v) is 12.0. The van der Waals surface area contributed by atoms with Gasteiger partial charge in [-0.15, -0.1) is 0 Å². The summed E-state index contributed by atoms with van der Waals surface area (Å²) >= 11 is 0. The highest BCUT2D eigenvalue weighted by Crippen LogP contribution is 2.20. The molecular formula is C14H30N2O. The zero-order chi connectivity index (χ0) is 12.7. The van der Waals surface area contributed by atoms with Gasteiger partial charge in [0.05, 0.1) is 6.10 Å². The van der Waals surface area contributed by atoms with Crippen LogP contribution in [0.1, 0.15) is 46.0 Å². The van der Waals surface area contributed by atoms with Crippen molar-refractivity contribution in [3.63, 3.8) is 0 Å². The van der Waals surface area contributed by atoms with Crippen molar-refractivity contribution in [2.75, 3.05) is 27.2 Å². The molecule has 0 amide bonds. The lowest BCUT2D eigenvalue weighted by atomic mass is 9.96. The Balaban J connectivity index is 2.49. The van der Waals surface area contributed by atoms with Crippen molar-refractivity contribution < 1.29 is 4.74 Å². The summed E-state index contributed by atoms with van der Waals surface area (Å²) in [5, 5.41) is 3.50. The van der Waals surface area contributed by atoms with Gasteiger partial charge in [-0.3, -0.25) is 4.90 Å². The van der Waals surface area contributed by atoms with E-state index in [9.17, 15) is 0 Å². The van der Waals surface area contributed by atoms with Gasteiger partial charge in [0.2, 0.25) is 0 Å². The van der Waals surface area contributed by atoms with Crippen LogP contribution in [-0.4, -0.2) is 50.3 Å². The van der Waals surface area contributed by atoms with Crippen molar-refractivity contribution >= 4 is 0 Å². The fraction of sp³-hybridized carbons (Fsp3) is 1.00. The highest BCUT2D eigenvalue weighted by atomic mass is 16.5. The molecule has 0 aromatic carbocycles.